The molecule has 1 heterocycles. The highest BCUT2D eigenvalue weighted by Crippen LogP contribution is 2.20. The standard InChI is InChI=1S/C8H9N3O/c1-12-8-6(2-9)4-11-5-7(8)3-10/h4-5H,2,9H2,1H3. The second-order valence-electron chi connectivity index (χ2n) is 2.20. The number of nitriles is 1. The number of nitrogens with two attached hydrogens (primary N) is 1. The Bertz CT molecular complexity index is 317. The van der Waals surface area contributed by atoms with E-state index in [1.165, 1.54) is 13.3 Å². The molecule has 0 aliphatic rings. The molecule has 0 saturated heterocycles. The predicted octanol–water partition coefficient (Wildman–Crippen LogP) is 0.421. The van der Waals surface area contributed by atoms with Crippen LogP contribution in [0.1, 0.15) is 11.1 Å². The Labute approximate surface area is 70.6 Å². The van der Waals surface area contributed by atoms with Gasteiger partial charge in [0, 0.05) is 24.5 Å². The molecule has 0 aromatic carbocycles. The number of hydrogen-bond acceptors (Lipinski definition) is 4. The third-order valence-corrected chi connectivity index (χ3v) is 1.51. The van der Waals surface area contributed by atoms with Crippen LogP contribution in [0.15, 0.2) is 12.4 Å². The summed E-state index contributed by atoms with van der Waals surface area (Å²) < 4.78 is 5.02. The van der Waals surface area contributed by atoms with Gasteiger partial charge >= 0.3 is 0 Å². The third kappa shape index (κ3) is 1.36. The Hall–Kier alpha value is -1.60. The topological polar surface area (TPSA) is 71.9 Å². The Balaban J connectivity index is 3.24. The second kappa shape index (κ2) is 3.69. The fourth-order valence-electron chi connectivity index (χ4n) is 0.958. The molecule has 62 valence electrons. The molecule has 0 bridgehead atoms. The molecular formula is C8H9N3O. The van der Waals surface area contributed by atoms with Gasteiger partial charge in [-0.2, -0.15) is 5.26 Å². The minimum absolute atomic E-state index is 0.325. The Morgan fingerprint density at radius 3 is 2.92 bits per heavy atom. The summed E-state index contributed by atoms with van der Waals surface area (Å²) in [5, 5.41) is 8.66. The van der Waals surface area contributed by atoms with Gasteiger partial charge in [-0.05, 0) is 0 Å². The van der Waals surface area contributed by atoms with E-state index in [0.29, 0.717) is 17.9 Å². The van der Waals surface area contributed by atoms with Gasteiger partial charge in [0.1, 0.15) is 17.4 Å². The molecule has 4 heteroatoms. The lowest BCUT2D eigenvalue weighted by Crippen LogP contribution is -2.02. The van der Waals surface area contributed by atoms with Crippen LogP contribution in [0.4, 0.5) is 0 Å². The van der Waals surface area contributed by atoms with Crippen LogP contribution in [0.5, 0.6) is 5.75 Å². The number of pyridine rings is 1. The molecule has 12 heavy (non-hydrogen) atoms. The summed E-state index contributed by atoms with van der Waals surface area (Å²) in [6, 6.07) is 1.98. The molecule has 0 radical (unpaired) electrons. The van der Waals surface area contributed by atoms with Gasteiger partial charge in [-0.15, -0.1) is 0 Å². The van der Waals surface area contributed by atoms with Crippen LogP contribution in [-0.2, 0) is 6.54 Å². The van der Waals surface area contributed by atoms with Crippen molar-refractivity contribution in [2.45, 2.75) is 6.54 Å². The van der Waals surface area contributed by atoms with E-state index in [1.54, 1.807) is 6.20 Å². The van der Waals surface area contributed by atoms with Gasteiger partial charge in [-0.3, -0.25) is 4.98 Å². The molecule has 0 atom stereocenters. The summed E-state index contributed by atoms with van der Waals surface area (Å²) in [4.78, 5) is 3.85. The first-order valence-corrected chi connectivity index (χ1v) is 3.44. The van der Waals surface area contributed by atoms with Crippen LogP contribution < -0.4 is 10.5 Å². The normalized spacial score (nSPS) is 9.08. The number of ether oxygens (including phenoxy) is 1. The second-order valence-corrected chi connectivity index (χ2v) is 2.20. The van der Waals surface area contributed by atoms with E-state index in [0.717, 1.165) is 5.56 Å². The number of nitrogens with zero attached hydrogens (tertiary/aromatic N) is 2. The molecule has 2 N–H and O–H groups in total. The van der Waals surface area contributed by atoms with Gasteiger partial charge < -0.3 is 10.5 Å². The van der Waals surface area contributed by atoms with Crippen molar-refractivity contribution in [3.63, 3.8) is 0 Å². The first-order chi connectivity index (χ1) is 5.83. The highest BCUT2D eigenvalue weighted by Gasteiger charge is 2.06. The lowest BCUT2D eigenvalue weighted by Gasteiger charge is -2.06. The maximum atomic E-state index is 8.66. The highest BCUT2D eigenvalue weighted by molar-refractivity contribution is 5.45. The highest BCUT2D eigenvalue weighted by atomic mass is 16.5. The molecule has 4 nitrogen and oxygen atoms in total. The van der Waals surface area contributed by atoms with E-state index in [-0.39, 0.29) is 0 Å². The first kappa shape index (κ1) is 8.50. The maximum absolute atomic E-state index is 8.66. The molecule has 0 fully saturated rings. The average molecular weight is 163 g/mol. The third-order valence-electron chi connectivity index (χ3n) is 1.51. The molecule has 0 amide bonds. The zero-order valence-electron chi connectivity index (χ0n) is 6.74. The fourth-order valence-corrected chi connectivity index (χ4v) is 0.958. The molecule has 0 aliphatic carbocycles. The number of aromatic nitrogens is 1. The molecule has 0 saturated carbocycles. The van der Waals surface area contributed by atoms with E-state index >= 15 is 0 Å². The first-order valence-electron chi connectivity index (χ1n) is 3.44. The molecule has 1 aromatic heterocycles. The van der Waals surface area contributed by atoms with E-state index < -0.39 is 0 Å². The Morgan fingerprint density at radius 2 is 2.42 bits per heavy atom. The number of rotatable bonds is 2. The summed E-state index contributed by atoms with van der Waals surface area (Å²) >= 11 is 0. The smallest absolute Gasteiger partial charge is 0.144 e. The van der Waals surface area contributed by atoms with E-state index in [1.807, 2.05) is 6.07 Å². The summed E-state index contributed by atoms with van der Waals surface area (Å²) in [5.74, 6) is 0.523. The van der Waals surface area contributed by atoms with Crippen molar-refractivity contribution in [1.82, 2.24) is 4.98 Å². The van der Waals surface area contributed by atoms with Crippen LogP contribution in [0, 0.1) is 11.3 Å². The van der Waals surface area contributed by atoms with Crippen LogP contribution in [0.3, 0.4) is 0 Å². The Kier molecular flexibility index (Phi) is 2.62. The van der Waals surface area contributed by atoms with E-state index in [9.17, 15) is 0 Å². The Morgan fingerprint density at radius 1 is 1.67 bits per heavy atom. The van der Waals surface area contributed by atoms with Gasteiger partial charge in [0.2, 0.25) is 0 Å². The van der Waals surface area contributed by atoms with Gasteiger partial charge in [0.05, 0.1) is 7.11 Å². The van der Waals surface area contributed by atoms with Crippen molar-refractivity contribution in [3.05, 3.63) is 23.5 Å². The number of methoxy groups -OCH3 is 1. The zero-order chi connectivity index (χ0) is 8.97. The van der Waals surface area contributed by atoms with Gasteiger partial charge in [-0.1, -0.05) is 0 Å². The summed E-state index contributed by atoms with van der Waals surface area (Å²) in [6.07, 6.45) is 3.05. The molecular weight excluding hydrogens is 154 g/mol. The lowest BCUT2D eigenvalue weighted by atomic mass is 10.2. The van der Waals surface area contributed by atoms with Crippen molar-refractivity contribution >= 4 is 0 Å². The number of hydrogen-bond donors (Lipinski definition) is 1. The molecule has 0 unspecified atom stereocenters. The van der Waals surface area contributed by atoms with Crippen molar-refractivity contribution in [2.24, 2.45) is 5.73 Å². The maximum Gasteiger partial charge on any atom is 0.144 e. The van der Waals surface area contributed by atoms with Crippen LogP contribution >= 0.6 is 0 Å². The predicted molar refractivity (Wildman–Crippen MR) is 43.4 cm³/mol. The van der Waals surface area contributed by atoms with Crippen molar-refractivity contribution in [1.29, 1.82) is 5.26 Å². The van der Waals surface area contributed by atoms with Gasteiger partial charge in [-0.25, -0.2) is 0 Å². The summed E-state index contributed by atoms with van der Waals surface area (Å²) in [5.41, 5.74) is 6.58. The van der Waals surface area contributed by atoms with Gasteiger partial charge in [0.15, 0.2) is 0 Å². The SMILES string of the molecule is COc1c(C#N)cncc1CN. The molecule has 1 aromatic rings. The van der Waals surface area contributed by atoms with Crippen molar-refractivity contribution < 1.29 is 4.74 Å². The minimum atomic E-state index is 0.325. The van der Waals surface area contributed by atoms with Crippen molar-refractivity contribution in [2.75, 3.05) is 7.11 Å². The van der Waals surface area contributed by atoms with E-state index in [2.05, 4.69) is 4.98 Å². The molecule has 0 aliphatic heterocycles. The largest absolute Gasteiger partial charge is 0.495 e. The zero-order valence-corrected chi connectivity index (χ0v) is 6.74. The van der Waals surface area contributed by atoms with Crippen LogP contribution in [-0.4, -0.2) is 12.1 Å². The lowest BCUT2D eigenvalue weighted by molar-refractivity contribution is 0.407. The molecule has 0 spiro atoms. The monoisotopic (exact) mass is 163 g/mol. The van der Waals surface area contributed by atoms with Gasteiger partial charge in [0.25, 0.3) is 0 Å². The molecule has 1 rings (SSSR count). The van der Waals surface area contributed by atoms with Crippen molar-refractivity contribution in [3.8, 4) is 11.8 Å². The van der Waals surface area contributed by atoms with Crippen LogP contribution in [0.25, 0.3) is 0 Å². The average Bonchev–Trinajstić information content (AvgIpc) is 2.16. The summed E-state index contributed by atoms with van der Waals surface area (Å²) in [7, 11) is 1.51. The van der Waals surface area contributed by atoms with E-state index in [4.69, 9.17) is 15.7 Å². The minimum Gasteiger partial charge on any atom is -0.495 e. The quantitative estimate of drug-likeness (QED) is 0.685. The fraction of sp³-hybridized carbons (Fsp3) is 0.250. The van der Waals surface area contributed by atoms with Crippen LogP contribution in [0.2, 0.25) is 0 Å². The summed E-state index contributed by atoms with van der Waals surface area (Å²) in [6.45, 7) is 0.325.